The minimum Gasteiger partial charge on any atom is -0.368 e. The van der Waals surface area contributed by atoms with Crippen molar-refractivity contribution in [3.63, 3.8) is 0 Å². The number of anilines is 2. The Balaban J connectivity index is 1.93. The second-order valence-electron chi connectivity index (χ2n) is 4.83. The Labute approximate surface area is 127 Å². The van der Waals surface area contributed by atoms with Crippen molar-refractivity contribution in [1.29, 1.82) is 0 Å². The molecule has 1 aromatic carbocycles. The molecule has 0 fully saturated rings. The first-order chi connectivity index (χ1) is 10.2. The van der Waals surface area contributed by atoms with Crippen molar-refractivity contribution in [2.24, 2.45) is 0 Å². The molecule has 0 amide bonds. The summed E-state index contributed by atoms with van der Waals surface area (Å²) in [5.74, 6) is 1.02. The molecule has 0 spiro atoms. The largest absolute Gasteiger partial charge is 0.368 e. The zero-order chi connectivity index (χ0) is 14.8. The number of nitrogens with one attached hydrogen (secondary N) is 1. The van der Waals surface area contributed by atoms with Crippen molar-refractivity contribution in [1.82, 2.24) is 15.0 Å². The van der Waals surface area contributed by atoms with Crippen LogP contribution in [0.15, 0.2) is 30.5 Å². The van der Waals surface area contributed by atoms with Gasteiger partial charge in [0, 0.05) is 16.5 Å². The molecule has 108 valence electrons. The van der Waals surface area contributed by atoms with Crippen molar-refractivity contribution < 1.29 is 0 Å². The highest BCUT2D eigenvalue weighted by molar-refractivity contribution is 7.11. The van der Waals surface area contributed by atoms with Gasteiger partial charge in [0.25, 0.3) is 0 Å². The summed E-state index contributed by atoms with van der Waals surface area (Å²) in [7, 11) is 0. The standard InChI is InChI=1S/C15H17N5S/c1-3-10-8-17-14(21-10)9(2)18-13-11-6-4-5-7-12(11)19-15(16)20-13/h4-9H,3H2,1-2H3,(H3,16,18,19,20). The number of hydrogen-bond acceptors (Lipinski definition) is 6. The predicted molar refractivity (Wildman–Crippen MR) is 87.5 cm³/mol. The van der Waals surface area contributed by atoms with Gasteiger partial charge in [-0.15, -0.1) is 11.3 Å². The molecule has 0 saturated heterocycles. The Bertz CT molecular complexity index is 768. The van der Waals surface area contributed by atoms with Gasteiger partial charge in [-0.3, -0.25) is 0 Å². The molecule has 0 aliphatic heterocycles. The molecule has 2 aromatic heterocycles. The van der Waals surface area contributed by atoms with Gasteiger partial charge in [0.2, 0.25) is 5.95 Å². The van der Waals surface area contributed by atoms with E-state index in [-0.39, 0.29) is 12.0 Å². The van der Waals surface area contributed by atoms with E-state index in [9.17, 15) is 0 Å². The highest BCUT2D eigenvalue weighted by Gasteiger charge is 2.13. The fourth-order valence-corrected chi connectivity index (χ4v) is 3.02. The molecule has 0 aliphatic rings. The van der Waals surface area contributed by atoms with Gasteiger partial charge < -0.3 is 11.1 Å². The van der Waals surface area contributed by atoms with Crippen LogP contribution in [0.2, 0.25) is 0 Å². The maximum Gasteiger partial charge on any atom is 0.222 e. The molecule has 3 aromatic rings. The summed E-state index contributed by atoms with van der Waals surface area (Å²) in [4.78, 5) is 14.3. The molecule has 3 rings (SSSR count). The van der Waals surface area contributed by atoms with Crippen molar-refractivity contribution in [3.8, 4) is 0 Å². The van der Waals surface area contributed by atoms with Crippen molar-refractivity contribution in [2.45, 2.75) is 26.3 Å². The quantitative estimate of drug-likeness (QED) is 0.772. The van der Waals surface area contributed by atoms with Crippen LogP contribution >= 0.6 is 11.3 Å². The lowest BCUT2D eigenvalue weighted by atomic mass is 10.2. The van der Waals surface area contributed by atoms with Crippen LogP contribution in [-0.4, -0.2) is 15.0 Å². The van der Waals surface area contributed by atoms with Crippen LogP contribution in [0.25, 0.3) is 10.9 Å². The Hall–Kier alpha value is -2.21. The third-order valence-corrected chi connectivity index (χ3v) is 4.59. The van der Waals surface area contributed by atoms with Gasteiger partial charge in [-0.05, 0) is 25.5 Å². The molecule has 0 saturated carbocycles. The van der Waals surface area contributed by atoms with Crippen molar-refractivity contribution in [3.05, 3.63) is 40.3 Å². The molecule has 21 heavy (non-hydrogen) atoms. The normalized spacial score (nSPS) is 12.5. The molecular formula is C15H17N5S. The molecule has 3 N–H and O–H groups in total. The Morgan fingerprint density at radius 3 is 2.86 bits per heavy atom. The molecule has 0 radical (unpaired) electrons. The van der Waals surface area contributed by atoms with Gasteiger partial charge in [0.15, 0.2) is 0 Å². The highest BCUT2D eigenvalue weighted by Crippen LogP contribution is 2.27. The van der Waals surface area contributed by atoms with E-state index >= 15 is 0 Å². The second kappa shape index (κ2) is 5.65. The fourth-order valence-electron chi connectivity index (χ4n) is 2.16. The number of rotatable bonds is 4. The molecule has 5 nitrogen and oxygen atoms in total. The molecule has 2 heterocycles. The van der Waals surface area contributed by atoms with Crippen LogP contribution in [0.3, 0.4) is 0 Å². The minimum absolute atomic E-state index is 0.0769. The summed E-state index contributed by atoms with van der Waals surface area (Å²) in [5.41, 5.74) is 6.63. The van der Waals surface area contributed by atoms with Crippen LogP contribution in [0.1, 0.15) is 29.8 Å². The smallest absolute Gasteiger partial charge is 0.222 e. The molecule has 0 aliphatic carbocycles. The summed E-state index contributed by atoms with van der Waals surface area (Å²) in [6.45, 7) is 4.21. The number of para-hydroxylation sites is 1. The summed E-state index contributed by atoms with van der Waals surface area (Å²) in [5, 5.41) is 5.41. The third kappa shape index (κ3) is 2.80. The molecule has 6 heteroatoms. The van der Waals surface area contributed by atoms with Gasteiger partial charge in [0.1, 0.15) is 10.8 Å². The molecule has 0 bridgehead atoms. The van der Waals surface area contributed by atoms with E-state index in [1.807, 2.05) is 30.5 Å². The van der Waals surface area contributed by atoms with Gasteiger partial charge in [-0.1, -0.05) is 19.1 Å². The summed E-state index contributed by atoms with van der Waals surface area (Å²) >= 11 is 1.72. The lowest BCUT2D eigenvalue weighted by molar-refractivity contribution is 0.862. The van der Waals surface area contributed by atoms with Crippen LogP contribution in [0, 0.1) is 0 Å². The van der Waals surface area contributed by atoms with Gasteiger partial charge >= 0.3 is 0 Å². The lowest BCUT2D eigenvalue weighted by Crippen LogP contribution is -2.09. The number of benzene rings is 1. The van der Waals surface area contributed by atoms with Gasteiger partial charge in [-0.2, -0.15) is 4.98 Å². The number of aryl methyl sites for hydroxylation is 1. The molecule has 1 atom stereocenters. The summed E-state index contributed by atoms with van der Waals surface area (Å²) in [6.07, 6.45) is 2.94. The van der Waals surface area contributed by atoms with E-state index in [1.165, 1.54) is 4.88 Å². The average molecular weight is 299 g/mol. The van der Waals surface area contributed by atoms with E-state index in [4.69, 9.17) is 5.73 Å². The molecule has 1 unspecified atom stereocenters. The van der Waals surface area contributed by atoms with E-state index in [0.29, 0.717) is 0 Å². The first kappa shape index (κ1) is 13.8. The Morgan fingerprint density at radius 1 is 1.29 bits per heavy atom. The fraction of sp³-hybridized carbons (Fsp3) is 0.267. The maximum absolute atomic E-state index is 5.79. The van der Waals surface area contributed by atoms with Crippen LogP contribution in [0.4, 0.5) is 11.8 Å². The second-order valence-corrected chi connectivity index (χ2v) is 5.98. The lowest BCUT2D eigenvalue weighted by Gasteiger charge is -2.14. The minimum atomic E-state index is 0.0769. The Morgan fingerprint density at radius 2 is 2.10 bits per heavy atom. The Kier molecular flexibility index (Phi) is 3.70. The van der Waals surface area contributed by atoms with E-state index in [0.717, 1.165) is 28.1 Å². The SMILES string of the molecule is CCc1cnc(C(C)Nc2nc(N)nc3ccccc23)s1. The van der Waals surface area contributed by atoms with Crippen molar-refractivity contribution in [2.75, 3.05) is 11.1 Å². The average Bonchev–Trinajstić information content (AvgIpc) is 2.96. The van der Waals surface area contributed by atoms with Crippen LogP contribution in [0.5, 0.6) is 0 Å². The first-order valence-corrected chi connectivity index (χ1v) is 7.72. The number of fused-ring (bicyclic) bond motifs is 1. The maximum atomic E-state index is 5.79. The number of hydrogen-bond donors (Lipinski definition) is 2. The summed E-state index contributed by atoms with van der Waals surface area (Å²) < 4.78 is 0. The predicted octanol–water partition coefficient (Wildman–Crippen LogP) is 3.40. The van der Waals surface area contributed by atoms with Crippen LogP contribution < -0.4 is 11.1 Å². The van der Waals surface area contributed by atoms with Crippen molar-refractivity contribution >= 4 is 34.0 Å². The zero-order valence-electron chi connectivity index (χ0n) is 12.0. The van der Waals surface area contributed by atoms with E-state index in [1.54, 1.807) is 11.3 Å². The van der Waals surface area contributed by atoms with Gasteiger partial charge in [-0.25, -0.2) is 9.97 Å². The monoisotopic (exact) mass is 299 g/mol. The highest BCUT2D eigenvalue weighted by atomic mass is 32.1. The number of nitrogens with two attached hydrogens (primary N) is 1. The van der Waals surface area contributed by atoms with E-state index < -0.39 is 0 Å². The van der Waals surface area contributed by atoms with Gasteiger partial charge in [0.05, 0.1) is 11.6 Å². The number of thiazole rings is 1. The molecular weight excluding hydrogens is 282 g/mol. The number of nitrogens with zero attached hydrogens (tertiary/aromatic N) is 3. The topological polar surface area (TPSA) is 76.7 Å². The third-order valence-electron chi connectivity index (χ3n) is 3.26. The first-order valence-electron chi connectivity index (χ1n) is 6.90. The zero-order valence-corrected chi connectivity index (χ0v) is 12.8. The van der Waals surface area contributed by atoms with Crippen LogP contribution in [-0.2, 0) is 6.42 Å². The number of aromatic nitrogens is 3. The number of nitrogen functional groups attached to an aromatic ring is 1. The summed E-state index contributed by atoms with van der Waals surface area (Å²) in [6, 6.07) is 7.91. The van der Waals surface area contributed by atoms with E-state index in [2.05, 4.69) is 34.1 Å².